The van der Waals surface area contributed by atoms with E-state index < -0.39 is 18.6 Å². The van der Waals surface area contributed by atoms with Gasteiger partial charge in [0, 0.05) is 0 Å². The minimum Gasteiger partial charge on any atom is -0.480 e. The molecule has 0 spiro atoms. The molecule has 1 aliphatic heterocycles. The molecule has 0 saturated carbocycles. The van der Waals surface area contributed by atoms with E-state index in [1.807, 2.05) is 6.92 Å². The molecule has 6 heteroatoms. The summed E-state index contributed by atoms with van der Waals surface area (Å²) in [5, 5.41) is 29.8. The van der Waals surface area contributed by atoms with Gasteiger partial charge in [0.15, 0.2) is 0 Å². The molecule has 92 valence electrons. The van der Waals surface area contributed by atoms with Crippen LogP contribution in [0.1, 0.15) is 33.1 Å². The van der Waals surface area contributed by atoms with Crippen molar-refractivity contribution in [1.29, 1.82) is 0 Å². The first-order chi connectivity index (χ1) is 7.32. The Hall–Kier alpha value is -0.585. The Morgan fingerprint density at radius 3 is 2.56 bits per heavy atom. The molecule has 0 aromatic carbocycles. The van der Waals surface area contributed by atoms with E-state index in [2.05, 4.69) is 5.32 Å². The van der Waals surface area contributed by atoms with Gasteiger partial charge in [-0.15, -0.1) is 0 Å². The fourth-order valence-corrected chi connectivity index (χ4v) is 2.44. The van der Waals surface area contributed by atoms with Gasteiger partial charge in [-0.1, -0.05) is 13.3 Å². The van der Waals surface area contributed by atoms with Crippen LogP contribution in [0.5, 0.6) is 0 Å². The van der Waals surface area contributed by atoms with Gasteiger partial charge in [0.2, 0.25) is 0 Å². The Morgan fingerprint density at radius 1 is 1.44 bits per heavy atom. The highest BCUT2D eigenvalue weighted by Gasteiger charge is 2.53. The molecule has 0 aromatic heterocycles. The van der Waals surface area contributed by atoms with Crippen molar-refractivity contribution in [1.82, 2.24) is 5.32 Å². The fraction of sp³-hybridized carbons (Fsp3) is 0.900. The number of aliphatic carboxylic acids is 1. The number of carboxylic acid groups (broad SMARTS) is 1. The average Bonchev–Trinajstić information content (AvgIpc) is 2.44. The van der Waals surface area contributed by atoms with E-state index >= 15 is 0 Å². The van der Waals surface area contributed by atoms with Crippen LogP contribution in [0.2, 0.25) is 6.32 Å². The van der Waals surface area contributed by atoms with Crippen LogP contribution in [-0.4, -0.2) is 40.3 Å². The quantitative estimate of drug-likeness (QED) is 0.501. The highest BCUT2D eigenvalue weighted by Crippen LogP contribution is 2.43. The van der Waals surface area contributed by atoms with Gasteiger partial charge in [-0.05, 0) is 38.0 Å². The monoisotopic (exact) mass is 229 g/mol. The van der Waals surface area contributed by atoms with E-state index in [-0.39, 0.29) is 5.41 Å². The maximum atomic E-state index is 11.3. The van der Waals surface area contributed by atoms with Gasteiger partial charge in [0.05, 0.1) is 0 Å². The van der Waals surface area contributed by atoms with Gasteiger partial charge in [0.25, 0.3) is 0 Å². The van der Waals surface area contributed by atoms with Crippen molar-refractivity contribution in [2.75, 3.05) is 6.54 Å². The highest BCUT2D eigenvalue weighted by atomic mass is 16.4. The van der Waals surface area contributed by atoms with E-state index in [1.54, 1.807) is 6.92 Å². The lowest BCUT2D eigenvalue weighted by atomic mass is 9.68. The second kappa shape index (κ2) is 4.73. The van der Waals surface area contributed by atoms with Crippen LogP contribution >= 0.6 is 0 Å². The number of rotatable bonds is 5. The third-order valence-electron chi connectivity index (χ3n) is 3.98. The third-order valence-corrected chi connectivity index (χ3v) is 3.98. The van der Waals surface area contributed by atoms with E-state index in [0.717, 1.165) is 6.42 Å². The lowest BCUT2D eigenvalue weighted by Crippen LogP contribution is -2.54. The lowest BCUT2D eigenvalue weighted by Gasteiger charge is -2.37. The zero-order chi connectivity index (χ0) is 12.4. The molecule has 16 heavy (non-hydrogen) atoms. The summed E-state index contributed by atoms with van der Waals surface area (Å²) < 4.78 is 0. The van der Waals surface area contributed by atoms with E-state index in [1.165, 1.54) is 0 Å². The lowest BCUT2D eigenvalue weighted by molar-refractivity contribution is -0.148. The number of carboxylic acids is 1. The first-order valence-electron chi connectivity index (χ1n) is 5.66. The Bertz CT molecular complexity index is 274. The Labute approximate surface area is 96.0 Å². The minimum absolute atomic E-state index is 0.297. The molecule has 0 aliphatic carbocycles. The third kappa shape index (κ3) is 2.39. The molecule has 0 bridgehead atoms. The van der Waals surface area contributed by atoms with Gasteiger partial charge in [0.1, 0.15) is 5.54 Å². The van der Waals surface area contributed by atoms with Gasteiger partial charge in [-0.3, -0.25) is 4.79 Å². The van der Waals surface area contributed by atoms with Crippen molar-refractivity contribution in [3.8, 4) is 0 Å². The predicted octanol–water partition coefficient (Wildman–Crippen LogP) is 0.0823. The maximum Gasteiger partial charge on any atom is 0.451 e. The molecule has 1 rings (SSSR count). The SMILES string of the molecule is C[C@@]1(CCCB(O)O)CCN[C@]1(C)C(=O)O. The minimum atomic E-state index is -1.30. The van der Waals surface area contributed by atoms with Crippen LogP contribution in [0, 0.1) is 5.41 Å². The Morgan fingerprint density at radius 2 is 2.06 bits per heavy atom. The Kier molecular flexibility index (Phi) is 3.99. The summed E-state index contributed by atoms with van der Waals surface area (Å²) in [4.78, 5) is 11.3. The zero-order valence-corrected chi connectivity index (χ0v) is 9.86. The van der Waals surface area contributed by atoms with Crippen LogP contribution in [0.3, 0.4) is 0 Å². The molecule has 0 amide bonds. The van der Waals surface area contributed by atoms with Crippen molar-refractivity contribution < 1.29 is 19.9 Å². The van der Waals surface area contributed by atoms with Crippen LogP contribution in [0.15, 0.2) is 0 Å². The van der Waals surface area contributed by atoms with Crippen molar-refractivity contribution in [2.24, 2.45) is 5.41 Å². The van der Waals surface area contributed by atoms with Crippen molar-refractivity contribution in [2.45, 2.75) is 45.0 Å². The molecule has 0 radical (unpaired) electrons. The van der Waals surface area contributed by atoms with E-state index in [9.17, 15) is 9.90 Å². The normalized spacial score (nSPS) is 34.0. The molecule has 1 heterocycles. The fourth-order valence-electron chi connectivity index (χ4n) is 2.44. The van der Waals surface area contributed by atoms with Crippen LogP contribution in [-0.2, 0) is 4.79 Å². The van der Waals surface area contributed by atoms with Gasteiger partial charge >= 0.3 is 13.1 Å². The number of carbonyl (C=O) groups is 1. The average molecular weight is 229 g/mol. The predicted molar refractivity (Wildman–Crippen MR) is 61.0 cm³/mol. The highest BCUT2D eigenvalue weighted by molar-refractivity contribution is 6.40. The van der Waals surface area contributed by atoms with Gasteiger partial charge in [-0.25, -0.2) is 0 Å². The summed E-state index contributed by atoms with van der Waals surface area (Å²) in [6.45, 7) is 4.35. The summed E-state index contributed by atoms with van der Waals surface area (Å²) in [6.07, 6.45) is 2.40. The molecule has 2 atom stereocenters. The van der Waals surface area contributed by atoms with Crippen LogP contribution in [0.25, 0.3) is 0 Å². The molecular weight excluding hydrogens is 209 g/mol. The summed E-state index contributed by atoms with van der Waals surface area (Å²) in [7, 11) is -1.30. The second-order valence-corrected chi connectivity index (χ2v) is 5.04. The Balaban J connectivity index is 2.64. The molecular formula is C10H20BNO4. The van der Waals surface area contributed by atoms with E-state index in [0.29, 0.717) is 25.7 Å². The smallest absolute Gasteiger partial charge is 0.451 e. The van der Waals surface area contributed by atoms with Crippen LogP contribution < -0.4 is 5.32 Å². The van der Waals surface area contributed by atoms with Crippen LogP contribution in [0.4, 0.5) is 0 Å². The van der Waals surface area contributed by atoms with Gasteiger partial charge < -0.3 is 20.5 Å². The number of nitrogens with one attached hydrogen (secondary N) is 1. The first kappa shape index (κ1) is 13.5. The van der Waals surface area contributed by atoms with Gasteiger partial charge in [-0.2, -0.15) is 0 Å². The van der Waals surface area contributed by atoms with E-state index in [4.69, 9.17) is 10.0 Å². The molecule has 1 fully saturated rings. The molecule has 0 aromatic rings. The summed E-state index contributed by atoms with van der Waals surface area (Å²) in [6, 6.07) is 0. The molecule has 1 saturated heterocycles. The summed E-state index contributed by atoms with van der Waals surface area (Å²) in [5.74, 6) is -0.836. The number of hydrogen-bond donors (Lipinski definition) is 4. The molecule has 0 unspecified atom stereocenters. The standard InChI is InChI=1S/C10H20BNO4/c1-9(4-3-6-11(15)16)5-7-12-10(9,2)8(13)14/h12,15-16H,3-7H2,1-2H3,(H,13,14)/t9-,10-/m1/s1. The van der Waals surface area contributed by atoms with Crippen molar-refractivity contribution in [3.63, 3.8) is 0 Å². The second-order valence-electron chi connectivity index (χ2n) is 5.04. The van der Waals surface area contributed by atoms with Crippen molar-refractivity contribution >= 4 is 13.1 Å². The summed E-state index contributed by atoms with van der Waals surface area (Å²) in [5.41, 5.74) is -1.23. The number of hydrogen-bond acceptors (Lipinski definition) is 4. The first-order valence-corrected chi connectivity index (χ1v) is 5.66. The maximum absolute atomic E-state index is 11.3. The molecule has 4 N–H and O–H groups in total. The van der Waals surface area contributed by atoms with Crippen molar-refractivity contribution in [3.05, 3.63) is 0 Å². The summed E-state index contributed by atoms with van der Waals surface area (Å²) >= 11 is 0. The molecule has 5 nitrogen and oxygen atoms in total. The molecule has 1 aliphatic rings. The zero-order valence-electron chi connectivity index (χ0n) is 9.86. The largest absolute Gasteiger partial charge is 0.480 e. The topological polar surface area (TPSA) is 89.8 Å².